The number of nitrogens with zero attached hydrogens (tertiary/aromatic N) is 3. The van der Waals surface area contributed by atoms with Gasteiger partial charge in [-0.05, 0) is 63.6 Å². The molecule has 0 amide bonds. The van der Waals surface area contributed by atoms with Crippen LogP contribution in [0.25, 0.3) is 5.69 Å². The molecule has 2 aromatic carbocycles. The molecule has 27 heavy (non-hydrogen) atoms. The molecular weight excluding hydrogens is 358 g/mol. The molecule has 0 saturated heterocycles. The second kappa shape index (κ2) is 8.39. The highest BCUT2D eigenvalue weighted by Gasteiger charge is 2.10. The molecule has 3 aromatic rings. The van der Waals surface area contributed by atoms with Gasteiger partial charge >= 0.3 is 0 Å². The molecule has 0 aliphatic heterocycles. The van der Waals surface area contributed by atoms with Gasteiger partial charge in [0.2, 0.25) is 0 Å². The summed E-state index contributed by atoms with van der Waals surface area (Å²) >= 11 is 1.71. The van der Waals surface area contributed by atoms with Crippen LogP contribution in [0.2, 0.25) is 0 Å². The Labute approximate surface area is 163 Å². The van der Waals surface area contributed by atoms with Crippen molar-refractivity contribution in [3.8, 4) is 11.4 Å². The summed E-state index contributed by atoms with van der Waals surface area (Å²) in [5.74, 6) is 1.50. The Morgan fingerprint density at radius 3 is 2.48 bits per heavy atom. The van der Waals surface area contributed by atoms with Crippen molar-refractivity contribution >= 4 is 17.5 Å². The van der Waals surface area contributed by atoms with Crippen molar-refractivity contribution in [2.45, 2.75) is 38.3 Å². The number of benzene rings is 2. The fourth-order valence-electron chi connectivity index (χ4n) is 2.54. The van der Waals surface area contributed by atoms with Crippen LogP contribution in [0.15, 0.2) is 47.4 Å². The highest BCUT2D eigenvalue weighted by molar-refractivity contribution is 7.98. The molecule has 0 spiro atoms. The highest BCUT2D eigenvalue weighted by atomic mass is 32.2. The molecule has 5 nitrogen and oxygen atoms in total. The average molecular weight is 382 g/mol. The largest absolute Gasteiger partial charge is 0.486 e. The van der Waals surface area contributed by atoms with Gasteiger partial charge in [-0.1, -0.05) is 17.7 Å². The Morgan fingerprint density at radius 2 is 1.81 bits per heavy atom. The van der Waals surface area contributed by atoms with Crippen molar-refractivity contribution in [3.05, 3.63) is 65.0 Å². The number of ketones is 1. The smallest absolute Gasteiger partial charge is 0.167 e. The number of carbonyl (C=O) groups excluding carboxylic acids is 1. The predicted octanol–water partition coefficient (Wildman–Crippen LogP) is 4.45. The lowest BCUT2D eigenvalue weighted by Crippen LogP contribution is -2.07. The van der Waals surface area contributed by atoms with E-state index in [0.29, 0.717) is 0 Å². The van der Waals surface area contributed by atoms with Crippen molar-refractivity contribution in [3.63, 3.8) is 0 Å². The summed E-state index contributed by atoms with van der Waals surface area (Å²) in [7, 11) is 0. The van der Waals surface area contributed by atoms with E-state index in [-0.39, 0.29) is 12.4 Å². The van der Waals surface area contributed by atoms with Crippen LogP contribution in [0.4, 0.5) is 0 Å². The van der Waals surface area contributed by atoms with Gasteiger partial charge in [0, 0.05) is 10.6 Å². The molecule has 0 aliphatic rings. The third-order valence-electron chi connectivity index (χ3n) is 4.10. The monoisotopic (exact) mass is 381 g/mol. The van der Waals surface area contributed by atoms with E-state index in [0.717, 1.165) is 39.0 Å². The maximum Gasteiger partial charge on any atom is 0.167 e. The zero-order valence-corrected chi connectivity index (χ0v) is 16.8. The van der Waals surface area contributed by atoms with Crippen molar-refractivity contribution in [2.75, 3.05) is 6.61 Å². The summed E-state index contributed by atoms with van der Waals surface area (Å²) in [6.07, 6.45) is 0. The minimum Gasteiger partial charge on any atom is -0.486 e. The van der Waals surface area contributed by atoms with Crippen molar-refractivity contribution in [2.24, 2.45) is 0 Å². The zero-order chi connectivity index (χ0) is 19.4. The van der Waals surface area contributed by atoms with Crippen molar-refractivity contribution in [1.29, 1.82) is 0 Å². The van der Waals surface area contributed by atoms with Crippen LogP contribution in [0.3, 0.4) is 0 Å². The molecule has 0 radical (unpaired) electrons. The summed E-state index contributed by atoms with van der Waals surface area (Å²) in [6.45, 7) is 7.66. The van der Waals surface area contributed by atoms with Gasteiger partial charge < -0.3 is 4.74 Å². The van der Waals surface area contributed by atoms with E-state index in [4.69, 9.17) is 4.74 Å². The number of thioether (sulfide) groups is 1. The zero-order valence-electron chi connectivity index (χ0n) is 16.0. The predicted molar refractivity (Wildman–Crippen MR) is 108 cm³/mol. The maximum atomic E-state index is 11.1. The summed E-state index contributed by atoms with van der Waals surface area (Å²) in [5.41, 5.74) is 5.09. The summed E-state index contributed by atoms with van der Waals surface area (Å²) < 4.78 is 5.51. The van der Waals surface area contributed by atoms with Crippen LogP contribution in [-0.4, -0.2) is 27.4 Å². The molecule has 3 rings (SSSR count). The standard InChI is InChI=1S/C21H23N3O2S/c1-14-5-7-18(8-6-14)24-22-17(4)20(23-24)13-27-19-9-10-21(15(2)11-19)26-12-16(3)25/h5-11H,12-13H2,1-4H3. The second-order valence-corrected chi connectivity index (χ2v) is 7.61. The van der Waals surface area contributed by atoms with Crippen LogP contribution >= 0.6 is 11.8 Å². The first kappa shape index (κ1) is 19.2. The van der Waals surface area contributed by atoms with Gasteiger partial charge in [-0.2, -0.15) is 15.0 Å². The first-order valence-electron chi connectivity index (χ1n) is 8.78. The lowest BCUT2D eigenvalue weighted by atomic mass is 10.2. The number of carbonyl (C=O) groups is 1. The van der Waals surface area contributed by atoms with E-state index in [9.17, 15) is 4.79 Å². The van der Waals surface area contributed by atoms with E-state index in [1.165, 1.54) is 12.5 Å². The fourth-order valence-corrected chi connectivity index (χ4v) is 3.53. The average Bonchev–Trinajstić information content (AvgIpc) is 3.00. The topological polar surface area (TPSA) is 57.0 Å². The van der Waals surface area contributed by atoms with E-state index in [1.807, 2.05) is 38.1 Å². The SMILES string of the molecule is CC(=O)COc1ccc(SCc2nn(-c3ccc(C)cc3)nc2C)cc1C. The molecule has 6 heteroatoms. The Kier molecular flexibility index (Phi) is 5.96. The van der Waals surface area contributed by atoms with Crippen molar-refractivity contribution in [1.82, 2.24) is 15.0 Å². The number of aryl methyl sites for hydroxylation is 3. The van der Waals surface area contributed by atoms with Gasteiger partial charge in [-0.3, -0.25) is 4.79 Å². The van der Waals surface area contributed by atoms with Crippen LogP contribution in [0.5, 0.6) is 5.75 Å². The lowest BCUT2D eigenvalue weighted by molar-refractivity contribution is -0.118. The molecule has 0 unspecified atom stereocenters. The number of rotatable bonds is 7. The molecule has 1 aromatic heterocycles. The summed E-state index contributed by atoms with van der Waals surface area (Å²) in [4.78, 5) is 13.9. The molecule has 0 bridgehead atoms. The van der Waals surface area contributed by atoms with E-state index < -0.39 is 0 Å². The number of Topliss-reactive ketones (excluding diaryl/α,β-unsaturated/α-hetero) is 1. The van der Waals surface area contributed by atoms with Gasteiger partial charge in [0.1, 0.15) is 12.4 Å². The van der Waals surface area contributed by atoms with Gasteiger partial charge in [0.15, 0.2) is 5.78 Å². The Bertz CT molecular complexity index is 949. The second-order valence-electron chi connectivity index (χ2n) is 6.56. The minimum absolute atomic E-state index is 0.0139. The Hall–Kier alpha value is -2.60. The van der Waals surface area contributed by atoms with Crippen LogP contribution in [-0.2, 0) is 10.5 Å². The number of hydrogen-bond acceptors (Lipinski definition) is 5. The van der Waals surface area contributed by atoms with Gasteiger partial charge in [0.25, 0.3) is 0 Å². The summed E-state index contributed by atoms with van der Waals surface area (Å²) in [5, 5.41) is 9.17. The molecule has 0 saturated carbocycles. The first-order valence-corrected chi connectivity index (χ1v) is 9.76. The Balaban J connectivity index is 1.67. The van der Waals surface area contributed by atoms with E-state index in [2.05, 4.69) is 35.3 Å². The highest BCUT2D eigenvalue weighted by Crippen LogP contribution is 2.28. The fraction of sp³-hybridized carbons (Fsp3) is 0.286. The normalized spacial score (nSPS) is 10.8. The van der Waals surface area contributed by atoms with Crippen LogP contribution in [0, 0.1) is 20.8 Å². The lowest BCUT2D eigenvalue weighted by Gasteiger charge is -2.09. The quantitative estimate of drug-likeness (QED) is 0.566. The molecule has 0 aliphatic carbocycles. The molecular formula is C21H23N3O2S. The van der Waals surface area contributed by atoms with E-state index in [1.54, 1.807) is 16.6 Å². The third kappa shape index (κ3) is 4.98. The van der Waals surface area contributed by atoms with Gasteiger partial charge in [-0.25, -0.2) is 0 Å². The molecule has 0 N–H and O–H groups in total. The number of ether oxygens (including phenoxy) is 1. The number of aromatic nitrogens is 3. The summed E-state index contributed by atoms with van der Waals surface area (Å²) in [6, 6.07) is 14.1. The molecule has 140 valence electrons. The van der Waals surface area contributed by atoms with Gasteiger partial charge in [-0.15, -0.1) is 11.8 Å². The number of hydrogen-bond donors (Lipinski definition) is 0. The first-order chi connectivity index (χ1) is 12.9. The van der Waals surface area contributed by atoms with Crippen LogP contribution < -0.4 is 4.74 Å². The third-order valence-corrected chi connectivity index (χ3v) is 5.10. The van der Waals surface area contributed by atoms with Crippen molar-refractivity contribution < 1.29 is 9.53 Å². The Morgan fingerprint density at radius 1 is 1.07 bits per heavy atom. The van der Waals surface area contributed by atoms with E-state index >= 15 is 0 Å². The molecule has 0 fully saturated rings. The van der Waals surface area contributed by atoms with Crippen LogP contribution in [0.1, 0.15) is 29.4 Å². The molecule has 1 heterocycles. The minimum atomic E-state index is 0.0139. The maximum absolute atomic E-state index is 11.1. The molecule has 0 atom stereocenters. The van der Waals surface area contributed by atoms with Gasteiger partial charge in [0.05, 0.1) is 17.1 Å².